The third-order valence-electron chi connectivity index (χ3n) is 2.70. The van der Waals surface area contributed by atoms with Crippen molar-refractivity contribution >= 4 is 28.7 Å². The molecular formula is C12H16N4OS2. The van der Waals surface area contributed by atoms with Crippen LogP contribution < -0.4 is 10.6 Å². The number of aromatic nitrogens is 2. The fourth-order valence-corrected chi connectivity index (χ4v) is 2.95. The average molecular weight is 296 g/mol. The Hall–Kier alpha value is -1.47. The first kappa shape index (κ1) is 14.0. The van der Waals surface area contributed by atoms with Gasteiger partial charge in [-0.15, -0.1) is 22.7 Å². The Bertz CT molecular complexity index is 524. The molecule has 0 bridgehead atoms. The van der Waals surface area contributed by atoms with Gasteiger partial charge in [-0.05, 0) is 6.92 Å². The van der Waals surface area contributed by atoms with E-state index in [2.05, 4.69) is 20.6 Å². The van der Waals surface area contributed by atoms with Crippen molar-refractivity contribution in [3.63, 3.8) is 0 Å². The number of aryl methyl sites for hydroxylation is 1. The standard InChI is InChI=1S/C12H16N4OS2/c1-8(11-13-3-4-18-11)5-14-12(17)15-6-10-9(2)16-7-19-10/h3-4,7-8H,5-6H2,1-2H3,(H2,14,15,17)/t8-/m0/s1. The number of nitrogens with zero attached hydrogens (tertiary/aromatic N) is 2. The molecule has 0 radical (unpaired) electrons. The van der Waals surface area contributed by atoms with Crippen LogP contribution in [-0.2, 0) is 6.54 Å². The number of urea groups is 1. The van der Waals surface area contributed by atoms with Crippen LogP contribution in [0.5, 0.6) is 0 Å². The SMILES string of the molecule is Cc1ncsc1CNC(=O)NC[C@H](C)c1nccs1. The van der Waals surface area contributed by atoms with Gasteiger partial charge in [-0.2, -0.15) is 0 Å². The smallest absolute Gasteiger partial charge is 0.315 e. The summed E-state index contributed by atoms with van der Waals surface area (Å²) in [7, 11) is 0. The molecule has 19 heavy (non-hydrogen) atoms. The molecule has 0 saturated carbocycles. The number of amides is 2. The second-order valence-corrected chi connectivity index (χ2v) is 6.06. The Morgan fingerprint density at radius 2 is 2.21 bits per heavy atom. The fraction of sp³-hybridized carbons (Fsp3) is 0.417. The predicted molar refractivity (Wildman–Crippen MR) is 77.6 cm³/mol. The Balaban J connectivity index is 1.72. The van der Waals surface area contributed by atoms with Gasteiger partial charge in [0.15, 0.2) is 0 Å². The lowest BCUT2D eigenvalue weighted by atomic mass is 10.2. The van der Waals surface area contributed by atoms with Gasteiger partial charge in [0.25, 0.3) is 0 Å². The van der Waals surface area contributed by atoms with E-state index in [4.69, 9.17) is 0 Å². The fourth-order valence-electron chi connectivity index (χ4n) is 1.53. The number of thiazole rings is 2. The molecule has 0 unspecified atom stereocenters. The molecule has 0 spiro atoms. The molecule has 2 rings (SSSR count). The molecule has 2 N–H and O–H groups in total. The molecule has 0 saturated heterocycles. The molecule has 7 heteroatoms. The maximum atomic E-state index is 11.7. The third kappa shape index (κ3) is 4.00. The number of hydrogen-bond donors (Lipinski definition) is 2. The molecule has 1 atom stereocenters. The van der Waals surface area contributed by atoms with Crippen LogP contribution in [0.15, 0.2) is 17.1 Å². The van der Waals surface area contributed by atoms with Gasteiger partial charge >= 0.3 is 6.03 Å². The molecule has 2 amide bonds. The van der Waals surface area contributed by atoms with Gasteiger partial charge in [0.2, 0.25) is 0 Å². The van der Waals surface area contributed by atoms with Crippen molar-refractivity contribution in [1.82, 2.24) is 20.6 Å². The largest absolute Gasteiger partial charge is 0.337 e. The summed E-state index contributed by atoms with van der Waals surface area (Å²) in [6.45, 7) is 5.09. The van der Waals surface area contributed by atoms with E-state index in [1.165, 1.54) is 0 Å². The van der Waals surface area contributed by atoms with Crippen molar-refractivity contribution in [2.24, 2.45) is 0 Å². The summed E-state index contributed by atoms with van der Waals surface area (Å²) in [6, 6.07) is -0.156. The van der Waals surface area contributed by atoms with Crippen molar-refractivity contribution < 1.29 is 4.79 Å². The molecule has 2 aromatic heterocycles. The first-order chi connectivity index (χ1) is 9.16. The maximum absolute atomic E-state index is 11.7. The van der Waals surface area contributed by atoms with Crippen LogP contribution in [0.1, 0.15) is 28.4 Å². The summed E-state index contributed by atoms with van der Waals surface area (Å²) in [5.41, 5.74) is 2.76. The highest BCUT2D eigenvalue weighted by atomic mass is 32.1. The molecule has 0 aliphatic heterocycles. The number of nitrogens with one attached hydrogen (secondary N) is 2. The van der Waals surface area contributed by atoms with Crippen molar-refractivity contribution in [3.05, 3.63) is 32.7 Å². The van der Waals surface area contributed by atoms with Crippen molar-refractivity contribution in [1.29, 1.82) is 0 Å². The molecule has 102 valence electrons. The molecule has 0 fully saturated rings. The highest BCUT2D eigenvalue weighted by Crippen LogP contribution is 2.16. The van der Waals surface area contributed by atoms with E-state index in [-0.39, 0.29) is 11.9 Å². The van der Waals surface area contributed by atoms with E-state index in [1.54, 1.807) is 34.4 Å². The molecule has 5 nitrogen and oxygen atoms in total. The second-order valence-electron chi connectivity index (χ2n) is 4.20. The Labute approximate surface area is 120 Å². The monoisotopic (exact) mass is 296 g/mol. The van der Waals surface area contributed by atoms with Gasteiger partial charge in [0.1, 0.15) is 0 Å². The van der Waals surface area contributed by atoms with Crippen molar-refractivity contribution in [2.45, 2.75) is 26.3 Å². The number of rotatable bonds is 5. The number of hydrogen-bond acceptors (Lipinski definition) is 5. The molecule has 2 aromatic rings. The lowest BCUT2D eigenvalue weighted by Gasteiger charge is -2.10. The summed E-state index contributed by atoms with van der Waals surface area (Å²) >= 11 is 3.16. The summed E-state index contributed by atoms with van der Waals surface area (Å²) in [5, 5.41) is 8.67. The first-order valence-electron chi connectivity index (χ1n) is 5.97. The van der Waals surface area contributed by atoms with E-state index in [0.717, 1.165) is 15.6 Å². The maximum Gasteiger partial charge on any atom is 0.315 e. The Morgan fingerprint density at radius 3 is 2.84 bits per heavy atom. The van der Waals surface area contributed by atoms with Gasteiger partial charge in [-0.1, -0.05) is 6.92 Å². The molecule has 0 aliphatic carbocycles. The number of carbonyl (C=O) groups excluding carboxylic acids is 1. The topological polar surface area (TPSA) is 66.9 Å². The van der Waals surface area contributed by atoms with Crippen LogP contribution in [0.25, 0.3) is 0 Å². The van der Waals surface area contributed by atoms with Crippen LogP contribution in [0, 0.1) is 6.92 Å². The van der Waals surface area contributed by atoms with E-state index < -0.39 is 0 Å². The minimum absolute atomic E-state index is 0.156. The van der Waals surface area contributed by atoms with Crippen LogP contribution in [0.2, 0.25) is 0 Å². The van der Waals surface area contributed by atoms with Crippen LogP contribution in [-0.4, -0.2) is 22.5 Å². The van der Waals surface area contributed by atoms with E-state index >= 15 is 0 Å². The molecule has 2 heterocycles. The summed E-state index contributed by atoms with van der Waals surface area (Å²) < 4.78 is 0. The molecule has 0 aromatic carbocycles. The van der Waals surface area contributed by atoms with Crippen LogP contribution >= 0.6 is 22.7 Å². The van der Waals surface area contributed by atoms with Gasteiger partial charge in [0.05, 0.1) is 22.8 Å². The summed E-state index contributed by atoms with van der Waals surface area (Å²) in [4.78, 5) is 21.1. The summed E-state index contributed by atoms with van der Waals surface area (Å²) in [6.07, 6.45) is 1.78. The van der Waals surface area contributed by atoms with Gasteiger partial charge in [-0.25, -0.2) is 14.8 Å². The van der Waals surface area contributed by atoms with Crippen molar-refractivity contribution in [3.8, 4) is 0 Å². The normalized spacial score (nSPS) is 12.1. The minimum Gasteiger partial charge on any atom is -0.337 e. The molecule has 0 aliphatic rings. The van der Waals surface area contributed by atoms with Gasteiger partial charge < -0.3 is 10.6 Å². The first-order valence-corrected chi connectivity index (χ1v) is 7.72. The Kier molecular flexibility index (Phi) is 4.86. The second kappa shape index (κ2) is 6.63. The summed E-state index contributed by atoms with van der Waals surface area (Å²) in [5.74, 6) is 0.232. The lowest BCUT2D eigenvalue weighted by Crippen LogP contribution is -2.36. The highest BCUT2D eigenvalue weighted by molar-refractivity contribution is 7.09. The Morgan fingerprint density at radius 1 is 1.37 bits per heavy atom. The third-order valence-corrected chi connectivity index (χ3v) is 4.64. The highest BCUT2D eigenvalue weighted by Gasteiger charge is 2.10. The van der Waals surface area contributed by atoms with Gasteiger partial charge in [-0.3, -0.25) is 0 Å². The van der Waals surface area contributed by atoms with Crippen LogP contribution in [0.3, 0.4) is 0 Å². The van der Waals surface area contributed by atoms with Gasteiger partial charge in [0, 0.05) is 28.9 Å². The zero-order valence-corrected chi connectivity index (χ0v) is 12.5. The zero-order chi connectivity index (χ0) is 13.7. The number of carbonyl (C=O) groups is 1. The van der Waals surface area contributed by atoms with E-state index in [0.29, 0.717) is 13.1 Å². The quantitative estimate of drug-likeness (QED) is 0.891. The predicted octanol–water partition coefficient (Wildman–Crippen LogP) is 2.51. The zero-order valence-electron chi connectivity index (χ0n) is 10.8. The van der Waals surface area contributed by atoms with Crippen LogP contribution in [0.4, 0.5) is 4.79 Å². The molecular weight excluding hydrogens is 280 g/mol. The lowest BCUT2D eigenvalue weighted by molar-refractivity contribution is 0.240. The van der Waals surface area contributed by atoms with Crippen molar-refractivity contribution in [2.75, 3.05) is 6.54 Å². The minimum atomic E-state index is -0.156. The van der Waals surface area contributed by atoms with E-state index in [1.807, 2.05) is 19.2 Å². The van der Waals surface area contributed by atoms with E-state index in [9.17, 15) is 4.79 Å². The average Bonchev–Trinajstić information content (AvgIpc) is 3.05.